The van der Waals surface area contributed by atoms with E-state index in [0.29, 0.717) is 6.04 Å². The molecule has 1 atom stereocenters. The number of H-pyrrole nitrogens is 1. The zero-order chi connectivity index (χ0) is 16.5. The Morgan fingerprint density at radius 2 is 2.33 bits per heavy atom. The molecule has 126 valence electrons. The Hall–Kier alpha value is -1.70. The lowest BCUT2D eigenvalue weighted by atomic mass is 10.2. The third-order valence-corrected chi connectivity index (χ3v) is 5.04. The predicted octanol–water partition coefficient (Wildman–Crippen LogP) is 3.01. The maximum Gasteiger partial charge on any atom is 0.143 e. The van der Waals surface area contributed by atoms with Crippen LogP contribution in [0.5, 0.6) is 0 Å². The van der Waals surface area contributed by atoms with Crippen LogP contribution in [0.25, 0.3) is 21.9 Å². The molecule has 1 aliphatic rings. The Morgan fingerprint density at radius 1 is 1.42 bits per heavy atom. The van der Waals surface area contributed by atoms with Crippen molar-refractivity contribution in [3.05, 3.63) is 29.0 Å². The van der Waals surface area contributed by atoms with Gasteiger partial charge in [-0.05, 0) is 19.1 Å². The van der Waals surface area contributed by atoms with E-state index >= 15 is 0 Å². The van der Waals surface area contributed by atoms with Crippen LogP contribution in [0.2, 0.25) is 0 Å². The molecule has 2 N–H and O–H groups in total. The molecule has 4 rings (SSSR count). The van der Waals surface area contributed by atoms with Gasteiger partial charge in [0.2, 0.25) is 0 Å². The second-order valence-electron chi connectivity index (χ2n) is 6.15. The van der Waals surface area contributed by atoms with Crippen LogP contribution in [-0.2, 0) is 4.74 Å². The van der Waals surface area contributed by atoms with Crippen LogP contribution in [0.15, 0.2) is 29.0 Å². The minimum Gasteiger partial charge on any atom is -0.379 e. The van der Waals surface area contributed by atoms with Gasteiger partial charge >= 0.3 is 0 Å². The van der Waals surface area contributed by atoms with Gasteiger partial charge in [-0.2, -0.15) is 0 Å². The summed E-state index contributed by atoms with van der Waals surface area (Å²) in [4.78, 5) is 14.6. The summed E-state index contributed by atoms with van der Waals surface area (Å²) in [6.07, 6.45) is 1.60. The van der Waals surface area contributed by atoms with Crippen molar-refractivity contribution in [2.45, 2.75) is 13.0 Å². The molecule has 0 bridgehead atoms. The van der Waals surface area contributed by atoms with E-state index in [1.807, 2.05) is 6.07 Å². The molecule has 1 fully saturated rings. The van der Waals surface area contributed by atoms with E-state index in [-0.39, 0.29) is 0 Å². The van der Waals surface area contributed by atoms with Crippen molar-refractivity contribution in [3.63, 3.8) is 0 Å². The molecule has 0 aliphatic carbocycles. The third-order valence-electron chi connectivity index (χ3n) is 4.55. The number of aromatic nitrogens is 3. The van der Waals surface area contributed by atoms with E-state index in [0.717, 1.165) is 65.1 Å². The summed E-state index contributed by atoms with van der Waals surface area (Å²) in [5, 5.41) is 5.67. The predicted molar refractivity (Wildman–Crippen MR) is 99.4 cm³/mol. The fourth-order valence-corrected chi connectivity index (χ4v) is 3.61. The van der Waals surface area contributed by atoms with Gasteiger partial charge in [-0.3, -0.25) is 4.90 Å². The number of benzene rings is 1. The minimum atomic E-state index is 0.469. The van der Waals surface area contributed by atoms with Crippen LogP contribution in [0.4, 0.5) is 5.82 Å². The zero-order valence-electron chi connectivity index (χ0n) is 13.6. The van der Waals surface area contributed by atoms with Gasteiger partial charge in [0.05, 0.1) is 18.6 Å². The standard InChI is InChI=1S/C17H20BrN5O/c1-11-9-24-7-6-23(11)5-4-19-16-15-13-3-2-12(18)8-14(13)22-17(15)21-10-20-16/h2-3,8,10-11H,4-7,9H2,1H3,(H2,19,20,21,22). The molecule has 0 spiro atoms. The first-order valence-corrected chi connectivity index (χ1v) is 8.99. The first-order chi connectivity index (χ1) is 11.7. The molecule has 24 heavy (non-hydrogen) atoms. The Balaban J connectivity index is 1.56. The summed E-state index contributed by atoms with van der Waals surface area (Å²) in [7, 11) is 0. The Morgan fingerprint density at radius 3 is 3.21 bits per heavy atom. The first kappa shape index (κ1) is 15.8. The second-order valence-corrected chi connectivity index (χ2v) is 7.06. The van der Waals surface area contributed by atoms with Gasteiger partial charge in [-0.15, -0.1) is 0 Å². The Kier molecular flexibility index (Phi) is 4.39. The molecule has 1 aromatic carbocycles. The molecule has 1 unspecified atom stereocenters. The average Bonchev–Trinajstić information content (AvgIpc) is 2.94. The molecule has 0 saturated carbocycles. The van der Waals surface area contributed by atoms with Crippen molar-refractivity contribution in [1.82, 2.24) is 19.9 Å². The van der Waals surface area contributed by atoms with Crippen LogP contribution in [-0.4, -0.2) is 58.7 Å². The number of nitrogens with one attached hydrogen (secondary N) is 2. The second kappa shape index (κ2) is 6.66. The number of hydrogen-bond acceptors (Lipinski definition) is 5. The van der Waals surface area contributed by atoms with Gasteiger partial charge in [-0.1, -0.05) is 22.0 Å². The van der Waals surface area contributed by atoms with Crippen molar-refractivity contribution in [3.8, 4) is 0 Å². The smallest absolute Gasteiger partial charge is 0.143 e. The number of nitrogens with zero attached hydrogens (tertiary/aromatic N) is 3. The highest BCUT2D eigenvalue weighted by atomic mass is 79.9. The number of aromatic amines is 1. The number of halogens is 1. The van der Waals surface area contributed by atoms with Crippen LogP contribution < -0.4 is 5.32 Å². The number of fused-ring (bicyclic) bond motifs is 3. The van der Waals surface area contributed by atoms with Crippen LogP contribution >= 0.6 is 15.9 Å². The summed E-state index contributed by atoms with van der Waals surface area (Å²) < 4.78 is 6.54. The Labute approximate surface area is 148 Å². The zero-order valence-corrected chi connectivity index (χ0v) is 15.1. The molecular formula is C17H20BrN5O. The highest BCUT2D eigenvalue weighted by molar-refractivity contribution is 9.10. The molecule has 1 aliphatic heterocycles. The lowest BCUT2D eigenvalue weighted by Gasteiger charge is -2.33. The molecule has 3 aromatic rings. The van der Waals surface area contributed by atoms with E-state index in [1.54, 1.807) is 6.33 Å². The van der Waals surface area contributed by atoms with E-state index in [9.17, 15) is 0 Å². The van der Waals surface area contributed by atoms with E-state index < -0.39 is 0 Å². The Bertz CT molecular complexity index is 865. The van der Waals surface area contributed by atoms with Crippen LogP contribution in [0.3, 0.4) is 0 Å². The molecule has 0 amide bonds. The molecule has 1 saturated heterocycles. The van der Waals surface area contributed by atoms with Gasteiger partial charge in [0.15, 0.2) is 0 Å². The minimum absolute atomic E-state index is 0.469. The highest BCUT2D eigenvalue weighted by Crippen LogP contribution is 2.30. The van der Waals surface area contributed by atoms with Crippen molar-refractivity contribution < 1.29 is 4.74 Å². The number of rotatable bonds is 4. The lowest BCUT2D eigenvalue weighted by Crippen LogP contribution is -2.45. The average molecular weight is 390 g/mol. The molecular weight excluding hydrogens is 370 g/mol. The summed E-state index contributed by atoms with van der Waals surface area (Å²) >= 11 is 3.51. The van der Waals surface area contributed by atoms with Gasteiger partial charge in [0, 0.05) is 41.1 Å². The van der Waals surface area contributed by atoms with Crippen molar-refractivity contribution in [2.75, 3.05) is 38.2 Å². The van der Waals surface area contributed by atoms with Crippen molar-refractivity contribution in [2.24, 2.45) is 0 Å². The molecule has 6 nitrogen and oxygen atoms in total. The molecule has 0 radical (unpaired) electrons. The monoisotopic (exact) mass is 389 g/mol. The SMILES string of the molecule is CC1COCCN1CCNc1ncnc2[nH]c3cc(Br)ccc3c12. The van der Waals surface area contributed by atoms with E-state index in [2.05, 4.69) is 60.2 Å². The number of anilines is 1. The van der Waals surface area contributed by atoms with E-state index in [1.165, 1.54) is 0 Å². The quantitative estimate of drug-likeness (QED) is 0.717. The third kappa shape index (κ3) is 2.99. The molecule has 7 heteroatoms. The van der Waals surface area contributed by atoms with Gasteiger partial charge in [0.25, 0.3) is 0 Å². The maximum atomic E-state index is 5.49. The van der Waals surface area contributed by atoms with Gasteiger partial charge in [0.1, 0.15) is 17.8 Å². The number of morpholine rings is 1. The number of ether oxygens (including phenoxy) is 1. The normalized spacial score (nSPS) is 19.2. The van der Waals surface area contributed by atoms with Crippen molar-refractivity contribution in [1.29, 1.82) is 0 Å². The lowest BCUT2D eigenvalue weighted by molar-refractivity contribution is 0.00181. The summed E-state index contributed by atoms with van der Waals surface area (Å²) in [5.41, 5.74) is 1.92. The van der Waals surface area contributed by atoms with Crippen molar-refractivity contribution >= 4 is 43.7 Å². The summed E-state index contributed by atoms with van der Waals surface area (Å²) in [6.45, 7) is 6.65. The van der Waals surface area contributed by atoms with Gasteiger partial charge in [-0.25, -0.2) is 9.97 Å². The summed E-state index contributed by atoms with van der Waals surface area (Å²) in [6, 6.07) is 6.67. The largest absolute Gasteiger partial charge is 0.379 e. The number of hydrogen-bond donors (Lipinski definition) is 2. The van der Waals surface area contributed by atoms with Crippen LogP contribution in [0, 0.1) is 0 Å². The van der Waals surface area contributed by atoms with E-state index in [4.69, 9.17) is 4.74 Å². The van der Waals surface area contributed by atoms with Crippen LogP contribution in [0.1, 0.15) is 6.92 Å². The first-order valence-electron chi connectivity index (χ1n) is 8.20. The fourth-order valence-electron chi connectivity index (χ4n) is 3.25. The topological polar surface area (TPSA) is 66.1 Å². The fraction of sp³-hybridized carbons (Fsp3) is 0.412. The molecule has 2 aromatic heterocycles. The molecule has 3 heterocycles. The maximum absolute atomic E-state index is 5.49. The highest BCUT2D eigenvalue weighted by Gasteiger charge is 2.18. The van der Waals surface area contributed by atoms with Gasteiger partial charge < -0.3 is 15.0 Å². The summed E-state index contributed by atoms with van der Waals surface area (Å²) in [5.74, 6) is 0.884.